The van der Waals surface area contributed by atoms with E-state index in [4.69, 9.17) is 4.74 Å². The van der Waals surface area contributed by atoms with E-state index in [9.17, 15) is 9.59 Å². The largest absolute Gasteiger partial charge is 0.497 e. The molecular weight excluding hydrogens is 268 g/mol. The Bertz CT molecular complexity index is 549. The van der Waals surface area contributed by atoms with Crippen molar-refractivity contribution in [1.29, 1.82) is 0 Å². The molecule has 0 bridgehead atoms. The number of amides is 2. The van der Waals surface area contributed by atoms with E-state index < -0.39 is 0 Å². The van der Waals surface area contributed by atoms with Crippen molar-refractivity contribution in [3.8, 4) is 5.75 Å². The van der Waals surface area contributed by atoms with Gasteiger partial charge in [0.15, 0.2) is 0 Å². The van der Waals surface area contributed by atoms with E-state index in [0.29, 0.717) is 24.3 Å². The van der Waals surface area contributed by atoms with Gasteiger partial charge in [-0.05, 0) is 39.0 Å². The third kappa shape index (κ3) is 3.54. The van der Waals surface area contributed by atoms with Gasteiger partial charge in [-0.1, -0.05) is 6.07 Å². The van der Waals surface area contributed by atoms with Crippen LogP contribution in [0.25, 0.3) is 0 Å². The Hall–Kier alpha value is -2.04. The molecule has 5 heteroatoms. The van der Waals surface area contributed by atoms with Crippen LogP contribution in [0, 0.1) is 0 Å². The lowest BCUT2D eigenvalue weighted by Crippen LogP contribution is -2.44. The number of likely N-dealkylation sites (tertiary alicyclic amines) is 1. The molecule has 1 atom stereocenters. The zero-order valence-corrected chi connectivity index (χ0v) is 13.0. The van der Waals surface area contributed by atoms with Crippen molar-refractivity contribution in [2.24, 2.45) is 0 Å². The molecule has 1 saturated heterocycles. The molecule has 1 heterocycles. The fourth-order valence-electron chi connectivity index (χ4n) is 2.49. The smallest absolute Gasteiger partial charge is 0.251 e. The summed E-state index contributed by atoms with van der Waals surface area (Å²) in [7, 11) is 1.56. The molecule has 2 amide bonds. The third-order valence-corrected chi connectivity index (χ3v) is 3.60. The SMILES string of the molecule is COc1cccc(C(=O)NC2CC(=O)N(C(C)(C)C)C2)c1. The van der Waals surface area contributed by atoms with Gasteiger partial charge in [-0.2, -0.15) is 0 Å². The first kappa shape index (κ1) is 15.4. The molecule has 1 N–H and O–H groups in total. The lowest BCUT2D eigenvalue weighted by molar-refractivity contribution is -0.131. The van der Waals surface area contributed by atoms with Gasteiger partial charge < -0.3 is 15.0 Å². The van der Waals surface area contributed by atoms with Crippen molar-refractivity contribution in [2.75, 3.05) is 13.7 Å². The molecular formula is C16H22N2O3. The van der Waals surface area contributed by atoms with Crippen molar-refractivity contribution >= 4 is 11.8 Å². The van der Waals surface area contributed by atoms with Crippen LogP contribution >= 0.6 is 0 Å². The Kier molecular flexibility index (Phi) is 4.21. The van der Waals surface area contributed by atoms with Gasteiger partial charge in [-0.15, -0.1) is 0 Å². The number of ether oxygens (including phenoxy) is 1. The predicted octanol–water partition coefficient (Wildman–Crippen LogP) is 1.82. The minimum absolute atomic E-state index is 0.0819. The van der Waals surface area contributed by atoms with Gasteiger partial charge in [0.25, 0.3) is 5.91 Å². The maximum absolute atomic E-state index is 12.2. The lowest BCUT2D eigenvalue weighted by Gasteiger charge is -2.32. The number of carbonyl (C=O) groups is 2. The van der Waals surface area contributed by atoms with Gasteiger partial charge in [-0.3, -0.25) is 9.59 Å². The number of hydrogen-bond donors (Lipinski definition) is 1. The van der Waals surface area contributed by atoms with E-state index >= 15 is 0 Å². The Morgan fingerprint density at radius 1 is 1.38 bits per heavy atom. The Morgan fingerprint density at radius 3 is 2.67 bits per heavy atom. The van der Waals surface area contributed by atoms with E-state index in [1.54, 1.807) is 31.4 Å². The summed E-state index contributed by atoms with van der Waals surface area (Å²) in [6, 6.07) is 6.84. The van der Waals surface area contributed by atoms with Gasteiger partial charge in [0, 0.05) is 24.1 Å². The zero-order valence-electron chi connectivity index (χ0n) is 13.0. The Balaban J connectivity index is 2.02. The summed E-state index contributed by atoms with van der Waals surface area (Å²) in [5.41, 5.74) is 0.322. The second kappa shape index (κ2) is 5.76. The highest BCUT2D eigenvalue weighted by Gasteiger charge is 2.36. The summed E-state index contributed by atoms with van der Waals surface area (Å²) >= 11 is 0. The van der Waals surface area contributed by atoms with E-state index in [1.165, 1.54) is 0 Å². The molecule has 0 aromatic heterocycles. The molecule has 0 aliphatic carbocycles. The van der Waals surface area contributed by atoms with E-state index in [1.807, 2.05) is 25.7 Å². The average Bonchev–Trinajstić information content (AvgIpc) is 2.79. The molecule has 1 aliphatic heterocycles. The Morgan fingerprint density at radius 2 is 2.10 bits per heavy atom. The summed E-state index contributed by atoms with van der Waals surface area (Å²) in [6.45, 7) is 6.55. The summed E-state index contributed by atoms with van der Waals surface area (Å²) in [5.74, 6) is 0.544. The lowest BCUT2D eigenvalue weighted by atomic mass is 10.1. The first-order valence-electron chi connectivity index (χ1n) is 7.06. The summed E-state index contributed by atoms with van der Waals surface area (Å²) < 4.78 is 5.11. The summed E-state index contributed by atoms with van der Waals surface area (Å²) in [5, 5.41) is 2.92. The van der Waals surface area contributed by atoms with Crippen molar-refractivity contribution in [1.82, 2.24) is 10.2 Å². The predicted molar refractivity (Wildman–Crippen MR) is 80.3 cm³/mol. The van der Waals surface area contributed by atoms with Crippen LogP contribution < -0.4 is 10.1 Å². The standard InChI is InChI=1S/C16H22N2O3/c1-16(2,3)18-10-12(9-14(18)19)17-15(20)11-6-5-7-13(8-11)21-4/h5-8,12H,9-10H2,1-4H3,(H,17,20). The molecule has 2 rings (SSSR count). The molecule has 1 fully saturated rings. The van der Waals surface area contributed by atoms with Crippen LogP contribution in [0.1, 0.15) is 37.6 Å². The molecule has 5 nitrogen and oxygen atoms in total. The maximum atomic E-state index is 12.2. The number of hydrogen-bond acceptors (Lipinski definition) is 3. The molecule has 1 aromatic carbocycles. The normalized spacial score (nSPS) is 18.8. The van der Waals surface area contributed by atoms with Crippen LogP contribution in [-0.2, 0) is 4.79 Å². The Labute approximate surface area is 125 Å². The first-order chi connectivity index (χ1) is 9.81. The molecule has 0 saturated carbocycles. The van der Waals surface area contributed by atoms with Crippen LogP contribution in [0.3, 0.4) is 0 Å². The van der Waals surface area contributed by atoms with Crippen molar-refractivity contribution < 1.29 is 14.3 Å². The fraction of sp³-hybridized carbons (Fsp3) is 0.500. The average molecular weight is 290 g/mol. The number of rotatable bonds is 3. The van der Waals surface area contributed by atoms with E-state index in [2.05, 4.69) is 5.32 Å². The number of benzene rings is 1. The second-order valence-corrected chi connectivity index (χ2v) is 6.28. The quantitative estimate of drug-likeness (QED) is 0.924. The third-order valence-electron chi connectivity index (χ3n) is 3.60. The minimum atomic E-state index is -0.216. The molecule has 1 unspecified atom stereocenters. The van der Waals surface area contributed by atoms with E-state index in [0.717, 1.165) is 0 Å². The molecule has 0 radical (unpaired) electrons. The monoisotopic (exact) mass is 290 g/mol. The highest BCUT2D eigenvalue weighted by Crippen LogP contribution is 2.22. The van der Waals surface area contributed by atoms with Crippen molar-refractivity contribution in [3.05, 3.63) is 29.8 Å². The number of nitrogens with one attached hydrogen (secondary N) is 1. The van der Waals surface area contributed by atoms with Gasteiger partial charge in [0.1, 0.15) is 5.75 Å². The van der Waals surface area contributed by atoms with Crippen LogP contribution in [-0.4, -0.2) is 41.9 Å². The molecule has 21 heavy (non-hydrogen) atoms. The highest BCUT2D eigenvalue weighted by atomic mass is 16.5. The number of methoxy groups -OCH3 is 1. The molecule has 0 spiro atoms. The maximum Gasteiger partial charge on any atom is 0.251 e. The minimum Gasteiger partial charge on any atom is -0.497 e. The van der Waals surface area contributed by atoms with E-state index in [-0.39, 0.29) is 23.4 Å². The summed E-state index contributed by atoms with van der Waals surface area (Å²) in [6.07, 6.45) is 0.354. The second-order valence-electron chi connectivity index (χ2n) is 6.28. The van der Waals surface area contributed by atoms with Gasteiger partial charge >= 0.3 is 0 Å². The molecule has 1 aromatic rings. The first-order valence-corrected chi connectivity index (χ1v) is 7.06. The van der Waals surface area contributed by atoms with Gasteiger partial charge in [0.05, 0.1) is 13.2 Å². The topological polar surface area (TPSA) is 58.6 Å². The highest BCUT2D eigenvalue weighted by molar-refractivity contribution is 5.95. The number of carbonyl (C=O) groups excluding carboxylic acids is 2. The molecule has 114 valence electrons. The van der Waals surface area contributed by atoms with Crippen LogP contribution in [0.2, 0.25) is 0 Å². The van der Waals surface area contributed by atoms with Crippen molar-refractivity contribution in [2.45, 2.75) is 38.8 Å². The van der Waals surface area contributed by atoms with Crippen LogP contribution in [0.4, 0.5) is 0 Å². The fourth-order valence-corrected chi connectivity index (χ4v) is 2.49. The molecule has 1 aliphatic rings. The van der Waals surface area contributed by atoms with Crippen molar-refractivity contribution in [3.63, 3.8) is 0 Å². The number of nitrogens with zero attached hydrogens (tertiary/aromatic N) is 1. The zero-order chi connectivity index (χ0) is 15.6. The summed E-state index contributed by atoms with van der Waals surface area (Å²) in [4.78, 5) is 26.0. The van der Waals surface area contributed by atoms with Crippen LogP contribution in [0.15, 0.2) is 24.3 Å². The van der Waals surface area contributed by atoms with Gasteiger partial charge in [-0.25, -0.2) is 0 Å². The van der Waals surface area contributed by atoms with Gasteiger partial charge in [0.2, 0.25) is 5.91 Å². The van der Waals surface area contributed by atoms with Crippen LogP contribution in [0.5, 0.6) is 5.75 Å².